The van der Waals surface area contributed by atoms with E-state index >= 15 is 0 Å². The van der Waals surface area contributed by atoms with Crippen LogP contribution in [0.3, 0.4) is 0 Å². The first-order valence-corrected chi connectivity index (χ1v) is 17.9. The second kappa shape index (κ2) is 11.5. The summed E-state index contributed by atoms with van der Waals surface area (Å²) in [5.41, 5.74) is 2.16. The number of hydrogen-bond acceptors (Lipinski definition) is 0. The Morgan fingerprint density at radius 3 is 1.43 bits per heavy atom. The first-order chi connectivity index (χ1) is 17.2. The molecule has 0 atom stereocenters. The van der Waals surface area contributed by atoms with Crippen LogP contribution >= 0.6 is 17.0 Å². The van der Waals surface area contributed by atoms with E-state index in [1.54, 1.807) is 0 Å². The van der Waals surface area contributed by atoms with Crippen LogP contribution in [0.5, 0.6) is 0 Å². The Morgan fingerprint density at radius 2 is 1.03 bits per heavy atom. The van der Waals surface area contributed by atoms with Crippen molar-refractivity contribution < 1.29 is 20.8 Å². The molecule has 0 unspecified atom stereocenters. The van der Waals surface area contributed by atoms with E-state index in [-0.39, 0.29) is 0 Å². The van der Waals surface area contributed by atoms with Crippen molar-refractivity contribution in [3.63, 3.8) is 0 Å². The molecule has 2 saturated carbocycles. The van der Waals surface area contributed by atoms with E-state index in [2.05, 4.69) is 135 Å². The molecular formula is C32H24Cl2Zr. The first kappa shape index (κ1) is 25.5. The van der Waals surface area contributed by atoms with Gasteiger partial charge in [0.05, 0.1) is 0 Å². The summed E-state index contributed by atoms with van der Waals surface area (Å²) in [6.07, 6.45) is 24.7. The van der Waals surface area contributed by atoms with Gasteiger partial charge in [-0.25, -0.2) is 0 Å². The number of hydrogen-bond donors (Lipinski definition) is 0. The molecule has 0 saturated heterocycles. The predicted octanol–water partition coefficient (Wildman–Crippen LogP) is 8.28. The molecule has 0 aliphatic heterocycles. The molecule has 0 N–H and O–H groups in total. The molecule has 0 aromatic heterocycles. The first-order valence-electron chi connectivity index (χ1n) is 11.6. The molecule has 0 nitrogen and oxygen atoms in total. The van der Waals surface area contributed by atoms with Gasteiger partial charge in [0.1, 0.15) is 0 Å². The van der Waals surface area contributed by atoms with Gasteiger partial charge in [-0.1, -0.05) is 116 Å². The molecule has 4 aliphatic rings. The molecule has 35 heavy (non-hydrogen) atoms. The summed E-state index contributed by atoms with van der Waals surface area (Å²) in [5.74, 6) is 9.24. The van der Waals surface area contributed by atoms with Crippen LogP contribution in [-0.4, -0.2) is 0 Å². The third-order valence-electron chi connectivity index (χ3n) is 6.81. The summed E-state index contributed by atoms with van der Waals surface area (Å²) in [4.78, 5) is 0. The van der Waals surface area contributed by atoms with E-state index in [1.807, 2.05) is 0 Å². The van der Waals surface area contributed by atoms with Crippen LogP contribution in [0.1, 0.15) is 18.1 Å². The second-order valence-electron chi connectivity index (χ2n) is 8.70. The van der Waals surface area contributed by atoms with Crippen molar-refractivity contribution in [3.05, 3.63) is 181 Å². The zero-order chi connectivity index (χ0) is 24.3. The zero-order valence-electron chi connectivity index (χ0n) is 19.4. The van der Waals surface area contributed by atoms with Gasteiger partial charge in [0.2, 0.25) is 0 Å². The van der Waals surface area contributed by atoms with Crippen LogP contribution in [0.4, 0.5) is 0 Å². The van der Waals surface area contributed by atoms with E-state index in [0.717, 1.165) is 0 Å². The molecule has 3 heteroatoms. The third kappa shape index (κ3) is 4.67. The SMILES string of the molecule is C[C]1[CH][CH][C](C([C]2[C]3C=CC=C[C]3[C]3C=CC=C[C]32)(c2ccccc2)c2ccccc2)[CH]1.[Cl][Zr][Cl]. The van der Waals surface area contributed by atoms with E-state index in [9.17, 15) is 0 Å². The van der Waals surface area contributed by atoms with Gasteiger partial charge in [0.25, 0.3) is 0 Å². The van der Waals surface area contributed by atoms with Gasteiger partial charge in [-0.3, -0.25) is 0 Å². The molecular weight excluding hydrogens is 546 g/mol. The fraction of sp³-hybridized carbons (Fsp3) is 0.0625. The number of benzene rings is 2. The number of halogens is 2. The fourth-order valence-electron chi connectivity index (χ4n) is 5.53. The Hall–Kier alpha value is -1.14. The van der Waals surface area contributed by atoms with Crippen LogP contribution < -0.4 is 0 Å². The van der Waals surface area contributed by atoms with Crippen molar-refractivity contribution in [1.29, 1.82) is 0 Å². The number of allylic oxidation sites excluding steroid dienone is 8. The van der Waals surface area contributed by atoms with Crippen molar-refractivity contribution in [2.24, 2.45) is 0 Å². The minimum absolute atomic E-state index is 0.417. The van der Waals surface area contributed by atoms with Crippen molar-refractivity contribution in [3.8, 4) is 0 Å². The molecule has 0 spiro atoms. The summed E-state index contributed by atoms with van der Waals surface area (Å²) >= 11 is -0.826. The van der Waals surface area contributed by atoms with Crippen LogP contribution in [-0.2, 0) is 26.3 Å². The van der Waals surface area contributed by atoms with Crippen molar-refractivity contribution in [2.45, 2.75) is 12.3 Å². The van der Waals surface area contributed by atoms with Gasteiger partial charge >= 0.3 is 37.9 Å². The molecule has 10 radical (unpaired) electrons. The topological polar surface area (TPSA) is 0 Å². The summed E-state index contributed by atoms with van der Waals surface area (Å²) in [5, 5.41) is 0. The maximum atomic E-state index is 4.93. The third-order valence-corrected chi connectivity index (χ3v) is 6.81. The predicted molar refractivity (Wildman–Crippen MR) is 143 cm³/mol. The van der Waals surface area contributed by atoms with Crippen LogP contribution in [0.15, 0.2) is 109 Å². The fourth-order valence-corrected chi connectivity index (χ4v) is 5.53. The Bertz CT molecular complexity index is 1010. The molecule has 4 aliphatic carbocycles. The van der Waals surface area contributed by atoms with Gasteiger partial charge in [-0.05, 0) is 42.2 Å². The average Bonchev–Trinajstić information content (AvgIpc) is 3.49. The van der Waals surface area contributed by atoms with E-state index < -0.39 is 26.3 Å². The minimum atomic E-state index is -0.826. The average molecular weight is 571 g/mol. The standard InChI is InChI=1S/C32H24.2ClH.Zr/c1-23-20-21-26(22-23)32(24-12-4-2-5-13-24,25-14-6-3-7-15-25)31-29-18-10-8-16-27(29)28-17-9-11-19-30(28)31;;;/h2-22H,1H3;2*1H;/q;;;+2/p-2. The molecule has 2 fully saturated rings. The Balaban J connectivity index is 0.000000806. The molecule has 0 bridgehead atoms. The zero-order valence-corrected chi connectivity index (χ0v) is 23.4. The van der Waals surface area contributed by atoms with E-state index in [1.165, 1.54) is 52.6 Å². The van der Waals surface area contributed by atoms with Gasteiger partial charge < -0.3 is 0 Å². The summed E-state index contributed by atoms with van der Waals surface area (Å²) in [7, 11) is 9.87. The quantitative estimate of drug-likeness (QED) is 0.347. The van der Waals surface area contributed by atoms with Gasteiger partial charge in [0, 0.05) is 35.0 Å². The van der Waals surface area contributed by atoms with E-state index in [0.29, 0.717) is 0 Å². The molecule has 0 heterocycles. The second-order valence-corrected chi connectivity index (χ2v) is 12.4. The molecule has 2 aromatic rings. The Kier molecular flexibility index (Phi) is 8.38. The van der Waals surface area contributed by atoms with Crippen LogP contribution in [0, 0.1) is 60.7 Å². The molecule has 6 rings (SSSR count). The Morgan fingerprint density at radius 1 is 0.600 bits per heavy atom. The maximum absolute atomic E-state index is 4.93. The Labute approximate surface area is 229 Å². The monoisotopic (exact) mass is 568 g/mol. The van der Waals surface area contributed by atoms with Gasteiger partial charge in [-0.15, -0.1) is 0 Å². The van der Waals surface area contributed by atoms with E-state index in [4.69, 9.17) is 17.0 Å². The van der Waals surface area contributed by atoms with Gasteiger partial charge in [-0.2, -0.15) is 0 Å². The van der Waals surface area contributed by atoms with Crippen molar-refractivity contribution in [2.75, 3.05) is 0 Å². The normalized spacial score (nSPS) is 21.7. The molecule has 0 amide bonds. The molecule has 170 valence electrons. The van der Waals surface area contributed by atoms with Crippen LogP contribution in [0.25, 0.3) is 0 Å². The van der Waals surface area contributed by atoms with Crippen molar-refractivity contribution in [1.82, 2.24) is 0 Å². The van der Waals surface area contributed by atoms with Crippen molar-refractivity contribution >= 4 is 17.0 Å². The van der Waals surface area contributed by atoms with Gasteiger partial charge in [0.15, 0.2) is 0 Å². The number of fused-ring (bicyclic) bond motifs is 3. The molecule has 2 aromatic carbocycles. The number of rotatable bonds is 4. The van der Waals surface area contributed by atoms with Crippen LogP contribution in [0.2, 0.25) is 0 Å². The summed E-state index contributed by atoms with van der Waals surface area (Å²) < 4.78 is 0. The summed E-state index contributed by atoms with van der Waals surface area (Å²) in [6.45, 7) is 2.19. The summed E-state index contributed by atoms with van der Waals surface area (Å²) in [6, 6.07) is 22.0.